The minimum atomic E-state index is -0.795. The van der Waals surface area contributed by atoms with Crippen LogP contribution in [0.4, 0.5) is 14.5 Å². The second-order valence-corrected chi connectivity index (χ2v) is 3.94. The van der Waals surface area contributed by atoms with Crippen molar-refractivity contribution in [2.24, 2.45) is 0 Å². The molecule has 0 radical (unpaired) electrons. The Kier molecular flexibility index (Phi) is 5.83. The van der Waals surface area contributed by atoms with E-state index in [9.17, 15) is 8.78 Å². The number of hydrogen-bond acceptors (Lipinski definition) is 1. The topological polar surface area (TPSA) is 12.0 Å². The third-order valence-corrected chi connectivity index (χ3v) is 2.55. The highest BCUT2D eigenvalue weighted by Crippen LogP contribution is 2.16. The molecule has 1 rings (SSSR count). The van der Waals surface area contributed by atoms with Crippen molar-refractivity contribution >= 4 is 5.69 Å². The maximum atomic E-state index is 13.2. The summed E-state index contributed by atoms with van der Waals surface area (Å²) >= 11 is 0. The van der Waals surface area contributed by atoms with Gasteiger partial charge >= 0.3 is 0 Å². The first-order chi connectivity index (χ1) is 7.75. The smallest absolute Gasteiger partial charge is 0.181 e. The molecule has 0 spiro atoms. The maximum absolute atomic E-state index is 13.2. The number of hydrogen-bond donors (Lipinski definition) is 1. The van der Waals surface area contributed by atoms with Gasteiger partial charge in [-0.15, -0.1) is 0 Å². The average Bonchev–Trinajstić information content (AvgIpc) is 2.29. The van der Waals surface area contributed by atoms with Gasteiger partial charge in [0.15, 0.2) is 11.6 Å². The first-order valence-electron chi connectivity index (χ1n) is 5.93. The van der Waals surface area contributed by atoms with Crippen LogP contribution in [0.5, 0.6) is 0 Å². The number of unbranched alkanes of at least 4 members (excludes halogenated alkanes) is 4. The molecule has 90 valence electrons. The summed E-state index contributed by atoms with van der Waals surface area (Å²) in [6.45, 7) is 2.87. The lowest BCUT2D eigenvalue weighted by atomic mass is 10.1. The van der Waals surface area contributed by atoms with Gasteiger partial charge in [0.25, 0.3) is 0 Å². The second-order valence-electron chi connectivity index (χ2n) is 3.94. The largest absolute Gasteiger partial charge is 0.383 e. The lowest BCUT2D eigenvalue weighted by Gasteiger charge is -2.07. The fourth-order valence-electron chi connectivity index (χ4n) is 1.59. The number of nitrogens with one attached hydrogen (secondary N) is 1. The van der Waals surface area contributed by atoms with Crippen LogP contribution in [0.2, 0.25) is 0 Å². The van der Waals surface area contributed by atoms with Crippen molar-refractivity contribution < 1.29 is 8.78 Å². The van der Waals surface area contributed by atoms with Gasteiger partial charge in [-0.1, -0.05) is 38.7 Å². The van der Waals surface area contributed by atoms with Crippen LogP contribution in [-0.2, 0) is 0 Å². The monoisotopic (exact) mass is 227 g/mol. The number of anilines is 1. The molecule has 0 saturated heterocycles. The molecule has 0 aliphatic rings. The Bertz CT molecular complexity index is 313. The van der Waals surface area contributed by atoms with Crippen LogP contribution in [0.15, 0.2) is 18.2 Å². The first kappa shape index (κ1) is 12.9. The van der Waals surface area contributed by atoms with Gasteiger partial charge in [0.2, 0.25) is 0 Å². The molecule has 0 heterocycles. The Hall–Kier alpha value is -1.12. The van der Waals surface area contributed by atoms with Gasteiger partial charge in [-0.05, 0) is 18.6 Å². The van der Waals surface area contributed by atoms with Crippen LogP contribution in [-0.4, -0.2) is 6.54 Å². The van der Waals surface area contributed by atoms with E-state index in [0.29, 0.717) is 6.54 Å². The molecule has 0 saturated carbocycles. The Balaban J connectivity index is 2.24. The summed E-state index contributed by atoms with van der Waals surface area (Å²) in [6, 6.07) is 4.20. The molecule has 1 nitrogen and oxygen atoms in total. The summed E-state index contributed by atoms with van der Waals surface area (Å²) in [5, 5.41) is 2.92. The molecular formula is C13H19F2N. The van der Waals surface area contributed by atoms with E-state index < -0.39 is 11.6 Å². The zero-order chi connectivity index (χ0) is 11.8. The standard InChI is InChI=1S/C13H19F2N/c1-2-3-4-5-6-10-16-12-9-7-8-11(14)13(12)15/h7-9,16H,2-6,10H2,1H3. The summed E-state index contributed by atoms with van der Waals surface area (Å²) in [7, 11) is 0. The lowest BCUT2D eigenvalue weighted by Crippen LogP contribution is -2.04. The van der Waals surface area contributed by atoms with Crippen LogP contribution in [0.25, 0.3) is 0 Å². The molecule has 0 aromatic heterocycles. The third-order valence-electron chi connectivity index (χ3n) is 2.55. The zero-order valence-corrected chi connectivity index (χ0v) is 9.73. The summed E-state index contributed by atoms with van der Waals surface area (Å²) in [6.07, 6.45) is 5.80. The van der Waals surface area contributed by atoms with E-state index in [2.05, 4.69) is 12.2 Å². The Morgan fingerprint density at radius 3 is 2.56 bits per heavy atom. The number of benzene rings is 1. The Labute approximate surface area is 95.9 Å². The molecule has 0 fully saturated rings. The van der Waals surface area contributed by atoms with Crippen LogP contribution in [0.1, 0.15) is 39.0 Å². The SMILES string of the molecule is CCCCCCCNc1cccc(F)c1F. The molecule has 3 heteroatoms. The normalized spacial score (nSPS) is 10.4. The maximum Gasteiger partial charge on any atom is 0.181 e. The highest BCUT2D eigenvalue weighted by Gasteiger charge is 2.05. The molecule has 1 aromatic rings. The predicted octanol–water partition coefficient (Wildman–Crippen LogP) is 4.35. The number of rotatable bonds is 7. The lowest BCUT2D eigenvalue weighted by molar-refractivity contribution is 0.510. The molecule has 0 bridgehead atoms. The molecule has 0 aliphatic heterocycles. The van der Waals surface area contributed by atoms with Crippen molar-refractivity contribution in [1.29, 1.82) is 0 Å². The summed E-state index contributed by atoms with van der Waals surface area (Å²) in [5.41, 5.74) is 0.260. The fourth-order valence-corrected chi connectivity index (χ4v) is 1.59. The molecule has 0 amide bonds. The number of halogens is 2. The first-order valence-corrected chi connectivity index (χ1v) is 5.93. The molecular weight excluding hydrogens is 208 g/mol. The minimum Gasteiger partial charge on any atom is -0.383 e. The van der Waals surface area contributed by atoms with Gasteiger partial charge in [0, 0.05) is 6.54 Å². The van der Waals surface area contributed by atoms with Crippen molar-refractivity contribution in [3.05, 3.63) is 29.8 Å². The van der Waals surface area contributed by atoms with Crippen molar-refractivity contribution in [2.75, 3.05) is 11.9 Å². The predicted molar refractivity (Wildman–Crippen MR) is 63.6 cm³/mol. The third kappa shape index (κ3) is 4.17. The van der Waals surface area contributed by atoms with E-state index in [4.69, 9.17) is 0 Å². The van der Waals surface area contributed by atoms with Gasteiger partial charge in [-0.3, -0.25) is 0 Å². The summed E-state index contributed by atoms with van der Waals surface area (Å²) < 4.78 is 26.0. The van der Waals surface area contributed by atoms with Crippen molar-refractivity contribution in [3.8, 4) is 0 Å². The molecule has 16 heavy (non-hydrogen) atoms. The highest BCUT2D eigenvalue weighted by atomic mass is 19.2. The molecule has 0 unspecified atom stereocenters. The van der Waals surface area contributed by atoms with Crippen LogP contribution in [0, 0.1) is 11.6 Å². The molecule has 1 aromatic carbocycles. The minimum absolute atomic E-state index is 0.260. The quantitative estimate of drug-likeness (QED) is 0.683. The van der Waals surface area contributed by atoms with Gasteiger partial charge in [0.05, 0.1) is 5.69 Å². The molecule has 1 N–H and O–H groups in total. The Morgan fingerprint density at radius 1 is 1.06 bits per heavy atom. The second kappa shape index (κ2) is 7.20. The summed E-state index contributed by atoms with van der Waals surface area (Å²) in [5.74, 6) is -1.58. The zero-order valence-electron chi connectivity index (χ0n) is 9.73. The van der Waals surface area contributed by atoms with Crippen LogP contribution in [0.3, 0.4) is 0 Å². The average molecular weight is 227 g/mol. The molecule has 0 atom stereocenters. The van der Waals surface area contributed by atoms with Gasteiger partial charge in [0.1, 0.15) is 0 Å². The van der Waals surface area contributed by atoms with Crippen molar-refractivity contribution in [2.45, 2.75) is 39.0 Å². The van der Waals surface area contributed by atoms with E-state index in [1.807, 2.05) is 0 Å². The van der Waals surface area contributed by atoms with Gasteiger partial charge < -0.3 is 5.32 Å². The van der Waals surface area contributed by atoms with E-state index in [1.54, 1.807) is 6.07 Å². The van der Waals surface area contributed by atoms with Gasteiger partial charge in [-0.25, -0.2) is 8.78 Å². The molecule has 0 aliphatic carbocycles. The van der Waals surface area contributed by atoms with Gasteiger partial charge in [-0.2, -0.15) is 0 Å². The van der Waals surface area contributed by atoms with Crippen molar-refractivity contribution in [3.63, 3.8) is 0 Å². The fraction of sp³-hybridized carbons (Fsp3) is 0.538. The van der Waals surface area contributed by atoms with E-state index in [-0.39, 0.29) is 5.69 Å². The van der Waals surface area contributed by atoms with E-state index in [1.165, 1.54) is 25.3 Å². The van der Waals surface area contributed by atoms with E-state index >= 15 is 0 Å². The Morgan fingerprint density at radius 2 is 1.81 bits per heavy atom. The van der Waals surface area contributed by atoms with E-state index in [0.717, 1.165) is 18.9 Å². The van der Waals surface area contributed by atoms with Crippen molar-refractivity contribution in [1.82, 2.24) is 0 Å². The van der Waals surface area contributed by atoms with Crippen LogP contribution < -0.4 is 5.32 Å². The highest BCUT2D eigenvalue weighted by molar-refractivity contribution is 5.44. The van der Waals surface area contributed by atoms with Crippen LogP contribution >= 0.6 is 0 Å². The summed E-state index contributed by atoms with van der Waals surface area (Å²) in [4.78, 5) is 0.